The number of hydrogen-bond acceptors (Lipinski definition) is 2. The molecule has 0 aliphatic rings. The second kappa shape index (κ2) is 7.60. The molecule has 3 nitrogen and oxygen atoms in total. The van der Waals surface area contributed by atoms with Crippen LogP contribution >= 0.6 is 15.9 Å². The molecule has 1 aromatic rings. The van der Waals surface area contributed by atoms with Gasteiger partial charge in [-0.3, -0.25) is 9.69 Å². The molecule has 0 amide bonds. The smallest absolute Gasteiger partial charge is 0.303 e. The van der Waals surface area contributed by atoms with Crippen molar-refractivity contribution >= 4 is 21.9 Å². The van der Waals surface area contributed by atoms with Crippen LogP contribution < -0.4 is 0 Å². The monoisotopic (exact) mass is 331 g/mol. The van der Waals surface area contributed by atoms with Gasteiger partial charge in [0.2, 0.25) is 0 Å². The van der Waals surface area contributed by atoms with Crippen LogP contribution in [0.4, 0.5) is 4.39 Å². The molecule has 1 rings (SSSR count). The van der Waals surface area contributed by atoms with Crippen molar-refractivity contribution in [3.05, 3.63) is 34.1 Å². The van der Waals surface area contributed by atoms with Gasteiger partial charge < -0.3 is 5.11 Å². The van der Waals surface area contributed by atoms with E-state index in [-0.39, 0.29) is 12.2 Å². The second-order valence-electron chi connectivity index (χ2n) is 4.81. The van der Waals surface area contributed by atoms with Crippen molar-refractivity contribution in [3.8, 4) is 0 Å². The van der Waals surface area contributed by atoms with Crippen LogP contribution in [0.3, 0.4) is 0 Å². The third kappa shape index (κ3) is 5.70. The third-order valence-electron chi connectivity index (χ3n) is 2.94. The van der Waals surface area contributed by atoms with Crippen molar-refractivity contribution < 1.29 is 14.3 Å². The van der Waals surface area contributed by atoms with Crippen LogP contribution in [0.15, 0.2) is 22.7 Å². The van der Waals surface area contributed by atoms with Gasteiger partial charge in [0.25, 0.3) is 0 Å². The van der Waals surface area contributed by atoms with Crippen LogP contribution in [0, 0.1) is 5.82 Å². The Morgan fingerprint density at radius 2 is 2.16 bits per heavy atom. The van der Waals surface area contributed by atoms with E-state index in [1.165, 1.54) is 6.07 Å². The van der Waals surface area contributed by atoms with E-state index in [1.807, 2.05) is 6.07 Å². The van der Waals surface area contributed by atoms with Gasteiger partial charge in [-0.15, -0.1) is 0 Å². The van der Waals surface area contributed by atoms with Crippen LogP contribution in [-0.2, 0) is 11.3 Å². The first-order valence-corrected chi connectivity index (χ1v) is 7.09. The highest BCUT2D eigenvalue weighted by Crippen LogP contribution is 2.18. The summed E-state index contributed by atoms with van der Waals surface area (Å²) in [4.78, 5) is 12.7. The number of nitrogens with zero attached hydrogens (tertiary/aromatic N) is 1. The average Bonchev–Trinajstić information content (AvgIpc) is 2.32. The Hall–Kier alpha value is -0.940. The van der Waals surface area contributed by atoms with Crippen molar-refractivity contribution in [3.63, 3.8) is 0 Å². The Morgan fingerprint density at radius 1 is 1.47 bits per heavy atom. The van der Waals surface area contributed by atoms with Gasteiger partial charge in [0, 0.05) is 19.0 Å². The van der Waals surface area contributed by atoms with Crippen LogP contribution in [0.5, 0.6) is 0 Å². The number of carbonyl (C=O) groups is 1. The number of rotatable bonds is 7. The molecule has 0 radical (unpaired) electrons. The molecule has 0 aromatic heterocycles. The van der Waals surface area contributed by atoms with E-state index in [4.69, 9.17) is 5.11 Å². The highest BCUT2D eigenvalue weighted by atomic mass is 79.9. The highest BCUT2D eigenvalue weighted by Gasteiger charge is 2.11. The van der Waals surface area contributed by atoms with Crippen molar-refractivity contribution in [2.24, 2.45) is 0 Å². The summed E-state index contributed by atoms with van der Waals surface area (Å²) in [6.45, 7) is 5.43. The normalized spacial score (nSPS) is 11.3. The van der Waals surface area contributed by atoms with E-state index in [2.05, 4.69) is 34.7 Å². The average molecular weight is 332 g/mol. The molecule has 0 aliphatic heterocycles. The Morgan fingerprint density at radius 3 is 2.68 bits per heavy atom. The van der Waals surface area contributed by atoms with E-state index in [9.17, 15) is 9.18 Å². The first-order valence-electron chi connectivity index (χ1n) is 6.30. The zero-order chi connectivity index (χ0) is 14.4. The van der Waals surface area contributed by atoms with Gasteiger partial charge in [-0.05, 0) is 60.4 Å². The van der Waals surface area contributed by atoms with E-state index >= 15 is 0 Å². The third-order valence-corrected chi connectivity index (χ3v) is 3.58. The van der Waals surface area contributed by atoms with Gasteiger partial charge >= 0.3 is 5.97 Å². The maximum Gasteiger partial charge on any atom is 0.303 e. The summed E-state index contributed by atoms with van der Waals surface area (Å²) in [7, 11) is 0. The Kier molecular flexibility index (Phi) is 6.45. The number of carboxylic acids is 1. The largest absolute Gasteiger partial charge is 0.481 e. The van der Waals surface area contributed by atoms with Gasteiger partial charge in [0.15, 0.2) is 0 Å². The van der Waals surface area contributed by atoms with Crippen LogP contribution in [-0.4, -0.2) is 28.6 Å². The molecule has 19 heavy (non-hydrogen) atoms. The quantitative estimate of drug-likeness (QED) is 0.828. The number of aliphatic carboxylic acids is 1. The molecule has 1 aromatic carbocycles. The fraction of sp³-hybridized carbons (Fsp3) is 0.500. The molecule has 0 saturated carbocycles. The predicted molar refractivity (Wildman–Crippen MR) is 76.5 cm³/mol. The maximum atomic E-state index is 13.4. The molecule has 0 atom stereocenters. The molecule has 1 N–H and O–H groups in total. The minimum Gasteiger partial charge on any atom is -0.481 e. The van der Waals surface area contributed by atoms with Crippen LogP contribution in [0.2, 0.25) is 0 Å². The summed E-state index contributed by atoms with van der Waals surface area (Å²) in [6, 6.07) is 5.37. The fourth-order valence-electron chi connectivity index (χ4n) is 1.83. The Labute approximate surface area is 121 Å². The summed E-state index contributed by atoms with van der Waals surface area (Å²) in [5, 5.41) is 8.65. The highest BCUT2D eigenvalue weighted by molar-refractivity contribution is 9.10. The summed E-state index contributed by atoms with van der Waals surface area (Å²) >= 11 is 3.13. The first-order chi connectivity index (χ1) is 8.90. The zero-order valence-corrected chi connectivity index (χ0v) is 12.8. The van der Waals surface area contributed by atoms with E-state index in [1.54, 1.807) is 6.07 Å². The molecule has 0 unspecified atom stereocenters. The van der Waals surface area contributed by atoms with Crippen molar-refractivity contribution in [1.29, 1.82) is 0 Å². The molecular formula is C14H19BrFNO2. The van der Waals surface area contributed by atoms with Gasteiger partial charge in [-0.25, -0.2) is 4.39 Å². The topological polar surface area (TPSA) is 40.5 Å². The fourth-order valence-corrected chi connectivity index (χ4v) is 2.07. The van der Waals surface area contributed by atoms with Crippen LogP contribution in [0.25, 0.3) is 0 Å². The van der Waals surface area contributed by atoms with E-state index in [0.717, 1.165) is 5.56 Å². The molecule has 0 spiro atoms. The molecule has 0 aliphatic carbocycles. The Balaban J connectivity index is 2.62. The zero-order valence-electron chi connectivity index (χ0n) is 11.2. The van der Waals surface area contributed by atoms with Crippen molar-refractivity contribution in [1.82, 2.24) is 4.90 Å². The standard InChI is InChI=1S/C14H19BrFNO2/c1-10(2)17(7-3-4-14(18)19)9-11-5-6-12(15)13(16)8-11/h5-6,8,10H,3-4,7,9H2,1-2H3,(H,18,19). The minimum absolute atomic E-state index is 0.165. The number of halogens is 2. The van der Waals surface area contributed by atoms with Crippen molar-refractivity contribution in [2.75, 3.05) is 6.54 Å². The lowest BCUT2D eigenvalue weighted by molar-refractivity contribution is -0.137. The predicted octanol–water partition coefficient (Wildman–Crippen LogP) is 3.66. The van der Waals surface area contributed by atoms with Gasteiger partial charge in [-0.1, -0.05) is 6.07 Å². The number of benzene rings is 1. The molecule has 5 heteroatoms. The van der Waals surface area contributed by atoms with Crippen LogP contribution in [0.1, 0.15) is 32.3 Å². The molecule has 0 saturated heterocycles. The number of carboxylic acid groups (broad SMARTS) is 1. The first kappa shape index (κ1) is 16.1. The summed E-state index contributed by atoms with van der Waals surface area (Å²) in [6.07, 6.45) is 0.768. The number of hydrogen-bond donors (Lipinski definition) is 1. The maximum absolute atomic E-state index is 13.4. The lowest BCUT2D eigenvalue weighted by Gasteiger charge is -2.26. The molecule has 0 fully saturated rings. The lowest BCUT2D eigenvalue weighted by Crippen LogP contribution is -2.31. The molecule has 0 bridgehead atoms. The minimum atomic E-state index is -0.779. The summed E-state index contributed by atoms with van der Waals surface area (Å²) in [5.41, 5.74) is 0.893. The van der Waals surface area contributed by atoms with Gasteiger partial charge in [0.05, 0.1) is 4.47 Å². The van der Waals surface area contributed by atoms with Gasteiger partial charge in [-0.2, -0.15) is 0 Å². The SMILES string of the molecule is CC(C)N(CCCC(=O)O)Cc1ccc(Br)c(F)c1. The van der Waals surface area contributed by atoms with Crippen molar-refractivity contribution in [2.45, 2.75) is 39.3 Å². The summed E-state index contributed by atoms with van der Waals surface area (Å²) in [5.74, 6) is -1.05. The second-order valence-corrected chi connectivity index (χ2v) is 5.66. The summed E-state index contributed by atoms with van der Waals surface area (Å²) < 4.78 is 13.9. The Bertz CT molecular complexity index is 437. The molecule has 106 valence electrons. The lowest BCUT2D eigenvalue weighted by atomic mass is 10.1. The molecular weight excluding hydrogens is 313 g/mol. The van der Waals surface area contributed by atoms with E-state index in [0.29, 0.717) is 30.0 Å². The van der Waals surface area contributed by atoms with Gasteiger partial charge in [0.1, 0.15) is 5.82 Å². The molecule has 0 heterocycles. The van der Waals surface area contributed by atoms with E-state index < -0.39 is 5.97 Å².